The molecule has 0 atom stereocenters. The van der Waals surface area contributed by atoms with Crippen molar-refractivity contribution >= 4 is 11.6 Å². The SMILES string of the molecule is Cc1ccc(C(=O)NCCCCC(F)(F)F)c(N)c1. The predicted octanol–water partition coefficient (Wildman–Crippen LogP) is 3.04. The number of nitrogen functional groups attached to an aromatic ring is 1. The minimum atomic E-state index is -4.13. The van der Waals surface area contributed by atoms with Gasteiger partial charge in [-0.1, -0.05) is 6.07 Å². The molecule has 0 aliphatic rings. The highest BCUT2D eigenvalue weighted by atomic mass is 19.4. The number of amides is 1. The van der Waals surface area contributed by atoms with Crippen LogP contribution >= 0.6 is 0 Å². The molecular formula is C13H17F3N2O. The lowest BCUT2D eigenvalue weighted by atomic mass is 10.1. The summed E-state index contributed by atoms with van der Waals surface area (Å²) in [6.07, 6.45) is -4.66. The van der Waals surface area contributed by atoms with Crippen molar-refractivity contribution in [2.75, 3.05) is 12.3 Å². The first-order chi connectivity index (χ1) is 8.79. The number of nitrogens with one attached hydrogen (secondary N) is 1. The Hall–Kier alpha value is -1.72. The van der Waals surface area contributed by atoms with Gasteiger partial charge in [0.15, 0.2) is 0 Å². The zero-order valence-corrected chi connectivity index (χ0v) is 10.7. The number of carbonyl (C=O) groups is 1. The van der Waals surface area contributed by atoms with Gasteiger partial charge in [0, 0.05) is 18.7 Å². The van der Waals surface area contributed by atoms with E-state index in [1.807, 2.05) is 6.92 Å². The molecule has 19 heavy (non-hydrogen) atoms. The monoisotopic (exact) mass is 274 g/mol. The van der Waals surface area contributed by atoms with E-state index < -0.39 is 12.6 Å². The lowest BCUT2D eigenvalue weighted by molar-refractivity contribution is -0.135. The Labute approximate surface area is 110 Å². The standard InChI is InChI=1S/C13H17F3N2O/c1-9-4-5-10(11(17)8-9)12(19)18-7-3-2-6-13(14,15)16/h4-5,8H,2-3,6-7,17H2,1H3,(H,18,19). The van der Waals surface area contributed by atoms with E-state index in [-0.39, 0.29) is 25.3 Å². The minimum absolute atomic E-state index is 0.00710. The molecule has 3 nitrogen and oxygen atoms in total. The smallest absolute Gasteiger partial charge is 0.389 e. The number of alkyl halides is 3. The molecule has 0 aliphatic carbocycles. The number of rotatable bonds is 5. The van der Waals surface area contributed by atoms with Gasteiger partial charge >= 0.3 is 6.18 Å². The molecule has 1 rings (SSSR count). The quantitative estimate of drug-likeness (QED) is 0.640. The number of carbonyl (C=O) groups excluding carboxylic acids is 1. The molecule has 1 amide bonds. The first-order valence-corrected chi connectivity index (χ1v) is 6.00. The van der Waals surface area contributed by atoms with E-state index in [2.05, 4.69) is 5.32 Å². The maximum absolute atomic E-state index is 11.9. The molecule has 0 spiro atoms. The summed E-state index contributed by atoms with van der Waals surface area (Å²) in [5.74, 6) is -0.357. The fourth-order valence-electron chi connectivity index (χ4n) is 1.64. The molecule has 0 saturated heterocycles. The molecule has 0 bridgehead atoms. The fourth-order valence-corrected chi connectivity index (χ4v) is 1.64. The number of hydrogen-bond donors (Lipinski definition) is 2. The van der Waals surface area contributed by atoms with Crippen molar-refractivity contribution in [2.24, 2.45) is 0 Å². The number of benzene rings is 1. The molecule has 1 aromatic carbocycles. The predicted molar refractivity (Wildman–Crippen MR) is 67.8 cm³/mol. The van der Waals surface area contributed by atoms with Crippen LogP contribution in [0.5, 0.6) is 0 Å². The largest absolute Gasteiger partial charge is 0.398 e. The molecule has 3 N–H and O–H groups in total. The number of halogens is 3. The Bertz CT molecular complexity index is 444. The Morgan fingerprint density at radius 2 is 2.00 bits per heavy atom. The molecule has 0 aromatic heterocycles. The van der Waals surface area contributed by atoms with Crippen LogP contribution in [0.15, 0.2) is 18.2 Å². The molecule has 0 saturated carbocycles. The summed E-state index contributed by atoms with van der Waals surface area (Å²) >= 11 is 0. The van der Waals surface area contributed by atoms with Gasteiger partial charge in [0.1, 0.15) is 0 Å². The van der Waals surface area contributed by atoms with Gasteiger partial charge in [0.25, 0.3) is 5.91 Å². The molecule has 0 aliphatic heterocycles. The van der Waals surface area contributed by atoms with Gasteiger partial charge < -0.3 is 11.1 Å². The van der Waals surface area contributed by atoms with Crippen molar-refractivity contribution in [3.05, 3.63) is 29.3 Å². The maximum atomic E-state index is 11.9. The van der Waals surface area contributed by atoms with E-state index in [0.717, 1.165) is 5.56 Å². The molecule has 0 unspecified atom stereocenters. The summed E-state index contributed by atoms with van der Waals surface area (Å²) in [4.78, 5) is 11.7. The highest BCUT2D eigenvalue weighted by Crippen LogP contribution is 2.21. The van der Waals surface area contributed by atoms with Gasteiger partial charge in [-0.05, 0) is 37.5 Å². The van der Waals surface area contributed by atoms with Crippen molar-refractivity contribution < 1.29 is 18.0 Å². The number of hydrogen-bond acceptors (Lipinski definition) is 2. The zero-order chi connectivity index (χ0) is 14.5. The van der Waals surface area contributed by atoms with Gasteiger partial charge in [-0.15, -0.1) is 0 Å². The van der Waals surface area contributed by atoms with Gasteiger partial charge in [-0.3, -0.25) is 4.79 Å². The Kier molecular flexibility index (Phi) is 5.20. The molecule has 0 heterocycles. The van der Waals surface area contributed by atoms with Crippen LogP contribution in [0.3, 0.4) is 0 Å². The van der Waals surface area contributed by atoms with Gasteiger partial charge in [-0.25, -0.2) is 0 Å². The third-order valence-electron chi connectivity index (χ3n) is 2.62. The van der Waals surface area contributed by atoms with E-state index in [9.17, 15) is 18.0 Å². The van der Waals surface area contributed by atoms with Crippen LogP contribution in [0.2, 0.25) is 0 Å². The second-order valence-corrected chi connectivity index (χ2v) is 4.42. The first kappa shape index (κ1) is 15.3. The summed E-state index contributed by atoms with van der Waals surface area (Å²) in [5, 5.41) is 2.56. The zero-order valence-electron chi connectivity index (χ0n) is 10.7. The highest BCUT2D eigenvalue weighted by Gasteiger charge is 2.25. The van der Waals surface area contributed by atoms with Crippen LogP contribution in [0, 0.1) is 6.92 Å². The molecule has 0 fully saturated rings. The van der Waals surface area contributed by atoms with E-state index in [1.165, 1.54) is 0 Å². The molecule has 6 heteroatoms. The van der Waals surface area contributed by atoms with Crippen LogP contribution in [0.25, 0.3) is 0 Å². The Morgan fingerprint density at radius 1 is 1.32 bits per heavy atom. The van der Waals surface area contributed by atoms with Crippen molar-refractivity contribution in [3.8, 4) is 0 Å². The summed E-state index contributed by atoms with van der Waals surface area (Å²) < 4.78 is 35.7. The van der Waals surface area contributed by atoms with Crippen molar-refractivity contribution in [2.45, 2.75) is 32.4 Å². The topological polar surface area (TPSA) is 55.1 Å². The van der Waals surface area contributed by atoms with E-state index in [1.54, 1.807) is 18.2 Å². The fraction of sp³-hybridized carbons (Fsp3) is 0.462. The second kappa shape index (κ2) is 6.45. The van der Waals surface area contributed by atoms with E-state index in [4.69, 9.17) is 5.73 Å². The van der Waals surface area contributed by atoms with Gasteiger partial charge in [-0.2, -0.15) is 13.2 Å². The highest BCUT2D eigenvalue weighted by molar-refractivity contribution is 5.99. The summed E-state index contributed by atoms with van der Waals surface area (Å²) in [6.45, 7) is 2.07. The normalized spacial score (nSPS) is 11.4. The van der Waals surface area contributed by atoms with Crippen LogP contribution < -0.4 is 11.1 Å². The third kappa shape index (κ3) is 5.63. The lowest BCUT2D eigenvalue weighted by Crippen LogP contribution is -2.25. The first-order valence-electron chi connectivity index (χ1n) is 6.00. The average Bonchev–Trinajstić information content (AvgIpc) is 2.26. The summed E-state index contributed by atoms with van der Waals surface area (Å²) in [7, 11) is 0. The van der Waals surface area contributed by atoms with Gasteiger partial charge in [0.2, 0.25) is 0 Å². The van der Waals surface area contributed by atoms with Crippen molar-refractivity contribution in [1.82, 2.24) is 5.32 Å². The molecule has 106 valence electrons. The number of anilines is 1. The van der Waals surface area contributed by atoms with E-state index >= 15 is 0 Å². The number of aryl methyl sites for hydroxylation is 1. The third-order valence-corrected chi connectivity index (χ3v) is 2.62. The van der Waals surface area contributed by atoms with E-state index in [0.29, 0.717) is 11.3 Å². The van der Waals surface area contributed by atoms with Crippen LogP contribution in [0.1, 0.15) is 35.2 Å². The van der Waals surface area contributed by atoms with Crippen LogP contribution in [-0.4, -0.2) is 18.6 Å². The number of nitrogens with two attached hydrogens (primary N) is 1. The molecule has 0 radical (unpaired) electrons. The van der Waals surface area contributed by atoms with Crippen LogP contribution in [0.4, 0.5) is 18.9 Å². The summed E-state index contributed by atoms with van der Waals surface area (Å²) in [6, 6.07) is 5.04. The van der Waals surface area contributed by atoms with Gasteiger partial charge in [0.05, 0.1) is 5.56 Å². The summed E-state index contributed by atoms with van der Waals surface area (Å²) in [5.41, 5.74) is 7.36. The van der Waals surface area contributed by atoms with Crippen LogP contribution in [-0.2, 0) is 0 Å². The van der Waals surface area contributed by atoms with Crippen molar-refractivity contribution in [1.29, 1.82) is 0 Å². The average molecular weight is 274 g/mol. The molecule has 1 aromatic rings. The lowest BCUT2D eigenvalue weighted by Gasteiger charge is -2.09. The Morgan fingerprint density at radius 3 is 2.58 bits per heavy atom. The molecular weight excluding hydrogens is 257 g/mol. The number of unbranched alkanes of at least 4 members (excludes halogenated alkanes) is 1. The Balaban J connectivity index is 2.36. The minimum Gasteiger partial charge on any atom is -0.398 e. The second-order valence-electron chi connectivity index (χ2n) is 4.42. The van der Waals surface area contributed by atoms with Crippen molar-refractivity contribution in [3.63, 3.8) is 0 Å². The maximum Gasteiger partial charge on any atom is 0.389 e.